The number of nitrogens with one attached hydrogen (secondary N) is 2. The van der Waals surface area contributed by atoms with E-state index in [1.165, 1.54) is 19.3 Å². The summed E-state index contributed by atoms with van der Waals surface area (Å²) in [6.07, 6.45) is 3.81. The van der Waals surface area contributed by atoms with Gasteiger partial charge in [0.25, 0.3) is 0 Å². The first-order valence-corrected chi connectivity index (χ1v) is 7.52. The minimum Gasteiger partial charge on any atom is -0.370 e. The van der Waals surface area contributed by atoms with Crippen molar-refractivity contribution in [2.24, 2.45) is 16.6 Å². The number of anilines is 1. The Morgan fingerprint density at radius 2 is 2.25 bits per heavy atom. The number of aliphatic imine (C=N–C) groups is 1. The number of benzene rings is 1. The standard InChI is InChI=1S/C14H19BrN4O/c15-11-5-2-6-12(7-11)19-13(20)9-18-14(16)17-8-10-3-1-4-10/h2,5-7,10H,1,3-4,8-9H2,(H,19,20)(H3,16,17,18). The largest absolute Gasteiger partial charge is 0.370 e. The van der Waals surface area contributed by atoms with Crippen LogP contribution in [0.25, 0.3) is 0 Å². The van der Waals surface area contributed by atoms with Crippen LogP contribution in [-0.2, 0) is 4.79 Å². The zero-order valence-corrected chi connectivity index (χ0v) is 12.8. The van der Waals surface area contributed by atoms with Crippen molar-refractivity contribution in [3.05, 3.63) is 28.7 Å². The molecule has 0 aliphatic heterocycles. The van der Waals surface area contributed by atoms with Crippen molar-refractivity contribution < 1.29 is 4.79 Å². The highest BCUT2D eigenvalue weighted by molar-refractivity contribution is 9.10. The van der Waals surface area contributed by atoms with Gasteiger partial charge in [0.1, 0.15) is 6.54 Å². The Kier molecular flexibility index (Phi) is 5.40. The zero-order chi connectivity index (χ0) is 14.4. The van der Waals surface area contributed by atoms with Crippen LogP contribution in [0.4, 0.5) is 5.69 Å². The van der Waals surface area contributed by atoms with Gasteiger partial charge in [-0.3, -0.25) is 4.79 Å². The summed E-state index contributed by atoms with van der Waals surface area (Å²) < 4.78 is 0.917. The van der Waals surface area contributed by atoms with Crippen molar-refractivity contribution in [1.29, 1.82) is 0 Å². The van der Waals surface area contributed by atoms with Gasteiger partial charge in [-0.05, 0) is 37.0 Å². The molecule has 1 aromatic carbocycles. The zero-order valence-electron chi connectivity index (χ0n) is 11.2. The van der Waals surface area contributed by atoms with E-state index in [0.29, 0.717) is 11.9 Å². The molecule has 0 aromatic heterocycles. The number of nitrogens with two attached hydrogens (primary N) is 1. The van der Waals surface area contributed by atoms with Crippen molar-refractivity contribution >= 4 is 33.5 Å². The van der Waals surface area contributed by atoms with Crippen LogP contribution in [0.3, 0.4) is 0 Å². The molecule has 4 N–H and O–H groups in total. The highest BCUT2D eigenvalue weighted by atomic mass is 79.9. The molecular formula is C14H19BrN4O. The lowest BCUT2D eigenvalue weighted by Crippen LogP contribution is -2.37. The maximum atomic E-state index is 11.7. The average molecular weight is 339 g/mol. The molecule has 1 fully saturated rings. The van der Waals surface area contributed by atoms with Crippen LogP contribution in [0.5, 0.6) is 0 Å². The van der Waals surface area contributed by atoms with Gasteiger partial charge in [-0.25, -0.2) is 4.99 Å². The van der Waals surface area contributed by atoms with Gasteiger partial charge in [0.05, 0.1) is 0 Å². The summed E-state index contributed by atoms with van der Waals surface area (Å²) in [5.41, 5.74) is 6.45. The van der Waals surface area contributed by atoms with Crippen LogP contribution in [-0.4, -0.2) is 25.0 Å². The fourth-order valence-corrected chi connectivity index (χ4v) is 2.32. The van der Waals surface area contributed by atoms with E-state index < -0.39 is 0 Å². The number of hydrogen-bond acceptors (Lipinski definition) is 2. The van der Waals surface area contributed by atoms with E-state index in [0.717, 1.165) is 16.7 Å². The lowest BCUT2D eigenvalue weighted by Gasteiger charge is -2.25. The van der Waals surface area contributed by atoms with Crippen LogP contribution in [0, 0.1) is 5.92 Å². The maximum Gasteiger partial charge on any atom is 0.246 e. The fraction of sp³-hybridized carbons (Fsp3) is 0.429. The van der Waals surface area contributed by atoms with Gasteiger partial charge in [-0.2, -0.15) is 0 Å². The third-order valence-electron chi connectivity index (χ3n) is 3.30. The summed E-state index contributed by atoms with van der Waals surface area (Å²) in [5, 5.41) is 5.82. The number of hydrogen-bond donors (Lipinski definition) is 3. The molecule has 0 atom stereocenters. The molecule has 0 unspecified atom stereocenters. The topological polar surface area (TPSA) is 79.5 Å². The highest BCUT2D eigenvalue weighted by Crippen LogP contribution is 2.24. The molecule has 108 valence electrons. The van der Waals surface area contributed by atoms with Gasteiger partial charge in [-0.1, -0.05) is 28.4 Å². The second-order valence-corrected chi connectivity index (χ2v) is 5.85. The Labute approximate surface area is 127 Å². The molecule has 0 saturated heterocycles. The normalized spacial score (nSPS) is 15.6. The molecule has 0 heterocycles. The quantitative estimate of drug-likeness (QED) is 0.568. The second-order valence-electron chi connectivity index (χ2n) is 4.94. The Bertz CT molecular complexity index is 500. The molecule has 6 heteroatoms. The Morgan fingerprint density at radius 3 is 2.90 bits per heavy atom. The van der Waals surface area contributed by atoms with E-state index in [-0.39, 0.29) is 12.5 Å². The molecule has 1 saturated carbocycles. The van der Waals surface area contributed by atoms with E-state index in [2.05, 4.69) is 31.6 Å². The molecule has 0 spiro atoms. The number of halogens is 1. The van der Waals surface area contributed by atoms with Gasteiger partial charge in [-0.15, -0.1) is 0 Å². The molecule has 1 aliphatic rings. The van der Waals surface area contributed by atoms with Crippen molar-refractivity contribution in [1.82, 2.24) is 5.32 Å². The van der Waals surface area contributed by atoms with E-state index in [4.69, 9.17) is 5.73 Å². The molecule has 0 bridgehead atoms. The first kappa shape index (κ1) is 14.8. The fourth-order valence-electron chi connectivity index (χ4n) is 1.93. The third-order valence-corrected chi connectivity index (χ3v) is 3.79. The number of carbonyl (C=O) groups is 1. The number of amides is 1. The van der Waals surface area contributed by atoms with Gasteiger partial charge in [0, 0.05) is 16.7 Å². The number of carbonyl (C=O) groups excluding carboxylic acids is 1. The van der Waals surface area contributed by atoms with E-state index in [9.17, 15) is 4.79 Å². The SMILES string of the molecule is NC(=NCC(=O)Nc1cccc(Br)c1)NCC1CCC1. The minimum absolute atomic E-state index is 0.0238. The molecule has 1 aromatic rings. The molecule has 1 aliphatic carbocycles. The molecular weight excluding hydrogens is 320 g/mol. The summed E-state index contributed by atoms with van der Waals surface area (Å²) in [6, 6.07) is 7.41. The van der Waals surface area contributed by atoms with Crippen LogP contribution < -0.4 is 16.4 Å². The monoisotopic (exact) mass is 338 g/mol. The summed E-state index contributed by atoms with van der Waals surface area (Å²) in [5.74, 6) is 0.858. The van der Waals surface area contributed by atoms with Gasteiger partial charge >= 0.3 is 0 Å². The summed E-state index contributed by atoms with van der Waals surface area (Å²) in [4.78, 5) is 15.7. The summed E-state index contributed by atoms with van der Waals surface area (Å²) >= 11 is 3.35. The number of rotatable bonds is 5. The van der Waals surface area contributed by atoms with Gasteiger partial charge < -0.3 is 16.4 Å². The van der Waals surface area contributed by atoms with Crippen molar-refractivity contribution in [3.63, 3.8) is 0 Å². The highest BCUT2D eigenvalue weighted by Gasteiger charge is 2.16. The second kappa shape index (κ2) is 7.28. The molecule has 20 heavy (non-hydrogen) atoms. The van der Waals surface area contributed by atoms with E-state index >= 15 is 0 Å². The maximum absolute atomic E-state index is 11.7. The summed E-state index contributed by atoms with van der Waals surface area (Å²) in [7, 11) is 0. The van der Waals surface area contributed by atoms with E-state index in [1.54, 1.807) is 0 Å². The number of guanidine groups is 1. The molecule has 1 amide bonds. The summed E-state index contributed by atoms with van der Waals surface area (Å²) in [6.45, 7) is 0.874. The smallest absolute Gasteiger partial charge is 0.246 e. The van der Waals surface area contributed by atoms with Crippen LogP contribution in [0.15, 0.2) is 33.7 Å². The van der Waals surface area contributed by atoms with Crippen LogP contribution in [0.1, 0.15) is 19.3 Å². The third kappa shape index (κ3) is 4.85. The van der Waals surface area contributed by atoms with Crippen LogP contribution >= 0.6 is 15.9 Å². The minimum atomic E-state index is -0.184. The van der Waals surface area contributed by atoms with Crippen LogP contribution in [0.2, 0.25) is 0 Å². The van der Waals surface area contributed by atoms with Crippen molar-refractivity contribution in [2.75, 3.05) is 18.4 Å². The van der Waals surface area contributed by atoms with Gasteiger partial charge in [0.2, 0.25) is 5.91 Å². The van der Waals surface area contributed by atoms with E-state index in [1.807, 2.05) is 24.3 Å². The predicted molar refractivity (Wildman–Crippen MR) is 84.6 cm³/mol. The molecule has 0 radical (unpaired) electrons. The first-order valence-electron chi connectivity index (χ1n) is 6.72. The van der Waals surface area contributed by atoms with Crippen molar-refractivity contribution in [3.8, 4) is 0 Å². The Balaban J connectivity index is 1.73. The first-order chi connectivity index (χ1) is 9.63. The number of nitrogens with zero attached hydrogens (tertiary/aromatic N) is 1. The predicted octanol–water partition coefficient (Wildman–Crippen LogP) is 2.09. The lowest BCUT2D eigenvalue weighted by molar-refractivity contribution is -0.114. The average Bonchev–Trinajstić information content (AvgIpc) is 2.34. The lowest BCUT2D eigenvalue weighted by atomic mass is 9.85. The Morgan fingerprint density at radius 1 is 1.45 bits per heavy atom. The molecule has 5 nitrogen and oxygen atoms in total. The Hall–Kier alpha value is -1.56. The van der Waals surface area contributed by atoms with Crippen molar-refractivity contribution in [2.45, 2.75) is 19.3 Å². The van der Waals surface area contributed by atoms with Gasteiger partial charge in [0.15, 0.2) is 5.96 Å². The molecule has 2 rings (SSSR count).